The van der Waals surface area contributed by atoms with E-state index in [0.29, 0.717) is 45.0 Å². The largest absolute Gasteiger partial charge is 0.436 e. The van der Waals surface area contributed by atoms with Gasteiger partial charge in [0.2, 0.25) is 5.89 Å². The van der Waals surface area contributed by atoms with Gasteiger partial charge in [0.05, 0.1) is 5.56 Å². The minimum atomic E-state index is -0.451. The molecule has 1 N–H and O–H groups in total. The van der Waals surface area contributed by atoms with Crippen molar-refractivity contribution >= 4 is 33.7 Å². The van der Waals surface area contributed by atoms with Gasteiger partial charge in [-0.15, -0.1) is 0 Å². The number of hydrogen-bond donors (Lipinski definition) is 1. The van der Waals surface area contributed by atoms with Gasteiger partial charge in [-0.05, 0) is 72.1 Å². The number of nitrogens with zero attached hydrogens (tertiary/aromatic N) is 1. The maximum Gasteiger partial charge on any atom is 0.344 e. The van der Waals surface area contributed by atoms with Crippen LogP contribution in [0.5, 0.6) is 0 Å². The van der Waals surface area contributed by atoms with Crippen molar-refractivity contribution in [2.75, 3.05) is 5.32 Å². The molecule has 0 bridgehead atoms. The van der Waals surface area contributed by atoms with Crippen LogP contribution in [0.3, 0.4) is 0 Å². The minimum absolute atomic E-state index is 0.301. The van der Waals surface area contributed by atoms with Crippen LogP contribution in [-0.2, 0) is 6.42 Å². The molecular formula is C31H22N2O4. The van der Waals surface area contributed by atoms with E-state index >= 15 is 0 Å². The van der Waals surface area contributed by atoms with Crippen LogP contribution in [0.1, 0.15) is 22.8 Å². The first-order chi connectivity index (χ1) is 18.1. The van der Waals surface area contributed by atoms with E-state index in [4.69, 9.17) is 8.83 Å². The standard InChI is InChI=1S/C31H22N2O4/c1-2-19-10-12-20(13-11-19)30-33-26-18-24(14-15-28(26)36-30)32-29(34)23-8-5-7-21(16-23)25-17-22-6-3-4-9-27(22)37-31(25)35/h3-18H,2H2,1H3,(H,32,34). The second kappa shape index (κ2) is 9.24. The summed E-state index contributed by atoms with van der Waals surface area (Å²) >= 11 is 0. The summed E-state index contributed by atoms with van der Waals surface area (Å²) in [5.74, 6) is 0.230. The SMILES string of the molecule is CCc1ccc(-c2nc3cc(NC(=O)c4cccc(-c5cc6ccccc6oc5=O)c4)ccc3o2)cc1. The van der Waals surface area contributed by atoms with Gasteiger partial charge in [-0.25, -0.2) is 9.78 Å². The highest BCUT2D eigenvalue weighted by Gasteiger charge is 2.13. The lowest BCUT2D eigenvalue weighted by atomic mass is 10.0. The van der Waals surface area contributed by atoms with E-state index in [1.54, 1.807) is 54.6 Å². The fraction of sp³-hybridized carbons (Fsp3) is 0.0645. The molecular weight excluding hydrogens is 464 g/mol. The molecule has 6 aromatic rings. The van der Waals surface area contributed by atoms with E-state index in [1.165, 1.54) is 5.56 Å². The molecule has 0 saturated carbocycles. The first-order valence-corrected chi connectivity index (χ1v) is 12.0. The molecule has 6 rings (SSSR count). The topological polar surface area (TPSA) is 85.3 Å². The molecule has 37 heavy (non-hydrogen) atoms. The Balaban J connectivity index is 1.26. The average Bonchev–Trinajstić information content (AvgIpc) is 3.36. The molecule has 2 heterocycles. The highest BCUT2D eigenvalue weighted by Crippen LogP contribution is 2.27. The fourth-order valence-electron chi connectivity index (χ4n) is 4.31. The molecule has 2 aromatic heterocycles. The Morgan fingerprint density at radius 2 is 1.65 bits per heavy atom. The summed E-state index contributed by atoms with van der Waals surface area (Å²) in [5, 5.41) is 3.73. The molecule has 0 aliphatic heterocycles. The molecule has 0 aliphatic carbocycles. The van der Waals surface area contributed by atoms with Crippen molar-refractivity contribution in [3.05, 3.63) is 119 Å². The second-order valence-electron chi connectivity index (χ2n) is 8.77. The lowest BCUT2D eigenvalue weighted by Gasteiger charge is -2.07. The molecule has 4 aromatic carbocycles. The van der Waals surface area contributed by atoms with E-state index in [0.717, 1.165) is 17.4 Å². The van der Waals surface area contributed by atoms with Crippen LogP contribution < -0.4 is 10.9 Å². The van der Waals surface area contributed by atoms with Gasteiger partial charge in [0, 0.05) is 22.2 Å². The van der Waals surface area contributed by atoms with Crippen molar-refractivity contribution in [2.24, 2.45) is 0 Å². The third-order valence-corrected chi connectivity index (χ3v) is 6.33. The van der Waals surface area contributed by atoms with Crippen molar-refractivity contribution in [3.63, 3.8) is 0 Å². The van der Waals surface area contributed by atoms with Crippen LogP contribution in [0, 0.1) is 0 Å². The predicted octanol–water partition coefficient (Wildman–Crippen LogP) is 7.08. The van der Waals surface area contributed by atoms with Crippen molar-refractivity contribution in [1.82, 2.24) is 4.98 Å². The lowest BCUT2D eigenvalue weighted by molar-refractivity contribution is 0.102. The summed E-state index contributed by atoms with van der Waals surface area (Å²) in [7, 11) is 0. The number of fused-ring (bicyclic) bond motifs is 2. The van der Waals surface area contributed by atoms with Crippen LogP contribution in [0.4, 0.5) is 5.69 Å². The molecule has 0 aliphatic rings. The zero-order valence-corrected chi connectivity index (χ0v) is 20.0. The Kier molecular flexibility index (Phi) is 5.62. The maximum atomic E-state index is 13.1. The Hall–Kier alpha value is -4.97. The molecule has 180 valence electrons. The minimum Gasteiger partial charge on any atom is -0.436 e. The molecule has 0 atom stereocenters. The molecule has 6 nitrogen and oxygen atoms in total. The Bertz CT molecular complexity index is 1830. The molecule has 0 unspecified atom stereocenters. The molecule has 0 spiro atoms. The van der Waals surface area contributed by atoms with Gasteiger partial charge in [-0.3, -0.25) is 4.79 Å². The van der Waals surface area contributed by atoms with Gasteiger partial charge in [0.15, 0.2) is 5.58 Å². The highest BCUT2D eigenvalue weighted by molar-refractivity contribution is 6.05. The van der Waals surface area contributed by atoms with Gasteiger partial charge in [0.1, 0.15) is 11.1 Å². The third-order valence-electron chi connectivity index (χ3n) is 6.33. The quantitative estimate of drug-likeness (QED) is 0.263. The average molecular weight is 487 g/mol. The van der Waals surface area contributed by atoms with Crippen LogP contribution in [0.15, 0.2) is 111 Å². The van der Waals surface area contributed by atoms with Crippen molar-refractivity contribution in [3.8, 4) is 22.6 Å². The summed E-state index contributed by atoms with van der Waals surface area (Å²) in [5.41, 5.74) is 5.52. The van der Waals surface area contributed by atoms with Gasteiger partial charge < -0.3 is 14.2 Å². The zero-order valence-electron chi connectivity index (χ0n) is 20.0. The lowest BCUT2D eigenvalue weighted by Crippen LogP contribution is -2.12. The maximum absolute atomic E-state index is 13.1. The number of benzene rings is 4. The molecule has 0 radical (unpaired) electrons. The summed E-state index contributed by atoms with van der Waals surface area (Å²) in [6, 6.07) is 29.5. The van der Waals surface area contributed by atoms with Gasteiger partial charge in [0.25, 0.3) is 5.91 Å². The fourth-order valence-corrected chi connectivity index (χ4v) is 4.31. The normalized spacial score (nSPS) is 11.2. The van der Waals surface area contributed by atoms with E-state index in [2.05, 4.69) is 29.4 Å². The molecule has 6 heteroatoms. The number of amides is 1. The van der Waals surface area contributed by atoms with Crippen molar-refractivity contribution < 1.29 is 13.6 Å². The highest BCUT2D eigenvalue weighted by atomic mass is 16.4. The summed E-state index contributed by atoms with van der Waals surface area (Å²) in [4.78, 5) is 30.2. The third kappa shape index (κ3) is 4.41. The monoisotopic (exact) mass is 486 g/mol. The smallest absolute Gasteiger partial charge is 0.344 e. The molecule has 0 fully saturated rings. The number of carbonyl (C=O) groups is 1. The summed E-state index contributed by atoms with van der Waals surface area (Å²) in [6.45, 7) is 2.11. The van der Waals surface area contributed by atoms with Gasteiger partial charge >= 0.3 is 5.63 Å². The number of aryl methyl sites for hydroxylation is 1. The van der Waals surface area contributed by atoms with E-state index < -0.39 is 5.63 Å². The second-order valence-corrected chi connectivity index (χ2v) is 8.77. The molecule has 1 amide bonds. The van der Waals surface area contributed by atoms with Crippen LogP contribution in [0.25, 0.3) is 44.7 Å². The van der Waals surface area contributed by atoms with Gasteiger partial charge in [-0.2, -0.15) is 0 Å². The van der Waals surface area contributed by atoms with E-state index in [1.807, 2.05) is 30.3 Å². The van der Waals surface area contributed by atoms with Gasteiger partial charge in [-0.1, -0.05) is 49.4 Å². The number of rotatable bonds is 5. The first-order valence-electron chi connectivity index (χ1n) is 12.0. The Labute approximate surface area is 212 Å². The van der Waals surface area contributed by atoms with E-state index in [-0.39, 0.29) is 5.91 Å². The number of oxazole rings is 1. The van der Waals surface area contributed by atoms with Crippen LogP contribution >= 0.6 is 0 Å². The number of carbonyl (C=O) groups excluding carboxylic acids is 1. The van der Waals surface area contributed by atoms with Crippen LogP contribution in [-0.4, -0.2) is 10.9 Å². The number of anilines is 1. The van der Waals surface area contributed by atoms with E-state index in [9.17, 15) is 9.59 Å². The number of hydrogen-bond acceptors (Lipinski definition) is 5. The first kappa shape index (κ1) is 22.5. The van der Waals surface area contributed by atoms with Crippen molar-refractivity contribution in [2.45, 2.75) is 13.3 Å². The summed E-state index contributed by atoms with van der Waals surface area (Å²) in [6.07, 6.45) is 0.968. The number of nitrogens with one attached hydrogen (secondary N) is 1. The Morgan fingerprint density at radius 3 is 2.49 bits per heavy atom. The van der Waals surface area contributed by atoms with Crippen molar-refractivity contribution in [1.29, 1.82) is 0 Å². The zero-order chi connectivity index (χ0) is 25.4. The molecule has 0 saturated heterocycles. The Morgan fingerprint density at radius 1 is 0.811 bits per heavy atom. The number of para-hydroxylation sites is 1. The summed E-state index contributed by atoms with van der Waals surface area (Å²) < 4.78 is 11.4. The van der Waals surface area contributed by atoms with Crippen LogP contribution in [0.2, 0.25) is 0 Å². The number of aromatic nitrogens is 1. The predicted molar refractivity (Wildman–Crippen MR) is 145 cm³/mol.